The summed E-state index contributed by atoms with van der Waals surface area (Å²) in [6.07, 6.45) is 3.93. The first-order valence-corrected chi connectivity index (χ1v) is 6.35. The summed E-state index contributed by atoms with van der Waals surface area (Å²) < 4.78 is 13.6. The van der Waals surface area contributed by atoms with Gasteiger partial charge in [0.25, 0.3) is 0 Å². The molecule has 0 bridgehead atoms. The van der Waals surface area contributed by atoms with Gasteiger partial charge in [-0.05, 0) is 49.9 Å². The highest BCUT2D eigenvalue weighted by molar-refractivity contribution is 5.56. The van der Waals surface area contributed by atoms with Crippen LogP contribution < -0.4 is 10.6 Å². The first kappa shape index (κ1) is 14.7. The van der Waals surface area contributed by atoms with Crippen molar-refractivity contribution in [2.45, 2.75) is 32.7 Å². The molecule has 0 radical (unpaired) electrons. The zero-order chi connectivity index (χ0) is 13.7. The predicted molar refractivity (Wildman–Crippen MR) is 76.4 cm³/mol. The minimum absolute atomic E-state index is 0.169. The monoisotopic (exact) mass is 250 g/mol. The third-order valence-corrected chi connectivity index (χ3v) is 3.11. The van der Waals surface area contributed by atoms with Crippen LogP contribution in [0.1, 0.15) is 36.9 Å². The molecule has 0 unspecified atom stereocenters. The molecule has 0 amide bonds. The lowest BCUT2D eigenvalue weighted by molar-refractivity contribution is 0.612. The van der Waals surface area contributed by atoms with Gasteiger partial charge in [0.1, 0.15) is 5.82 Å². The number of unbranched alkanes of at least 4 members (excludes halogenated alkanes) is 1. The van der Waals surface area contributed by atoms with Gasteiger partial charge in [-0.3, -0.25) is 0 Å². The summed E-state index contributed by atoms with van der Waals surface area (Å²) in [4.78, 5) is 2.13. The van der Waals surface area contributed by atoms with E-state index in [1.54, 1.807) is 13.0 Å². The number of hydrogen-bond acceptors (Lipinski definition) is 2. The van der Waals surface area contributed by atoms with Gasteiger partial charge in [0.05, 0.1) is 0 Å². The second-order valence-corrected chi connectivity index (χ2v) is 4.80. The summed E-state index contributed by atoms with van der Waals surface area (Å²) in [6, 6.07) is 3.26. The SMILES string of the molecule is C=CCCCN(C)c1cc(C)c(F)cc1[C@H](C)N. The molecule has 0 fully saturated rings. The molecule has 100 valence electrons. The average Bonchev–Trinajstić information content (AvgIpc) is 2.32. The molecule has 2 nitrogen and oxygen atoms in total. The van der Waals surface area contributed by atoms with Crippen molar-refractivity contribution in [2.75, 3.05) is 18.5 Å². The second-order valence-electron chi connectivity index (χ2n) is 4.80. The molecule has 0 spiro atoms. The van der Waals surface area contributed by atoms with Crippen LogP contribution in [0.4, 0.5) is 10.1 Å². The molecule has 18 heavy (non-hydrogen) atoms. The molecule has 3 heteroatoms. The summed E-state index contributed by atoms with van der Waals surface area (Å²) >= 11 is 0. The molecule has 1 aromatic rings. The molecule has 0 aromatic heterocycles. The first-order valence-electron chi connectivity index (χ1n) is 6.35. The molecule has 0 aliphatic rings. The van der Waals surface area contributed by atoms with E-state index in [-0.39, 0.29) is 11.9 Å². The number of allylic oxidation sites excluding steroid dienone is 1. The van der Waals surface area contributed by atoms with Crippen LogP contribution >= 0.6 is 0 Å². The van der Waals surface area contributed by atoms with E-state index in [1.807, 2.05) is 26.1 Å². The van der Waals surface area contributed by atoms with Crippen molar-refractivity contribution in [2.24, 2.45) is 5.73 Å². The van der Waals surface area contributed by atoms with Gasteiger partial charge in [-0.1, -0.05) is 6.08 Å². The third-order valence-electron chi connectivity index (χ3n) is 3.11. The molecule has 0 aliphatic carbocycles. The normalized spacial score (nSPS) is 12.3. The Morgan fingerprint density at radius 1 is 1.50 bits per heavy atom. The zero-order valence-corrected chi connectivity index (χ0v) is 11.5. The lowest BCUT2D eigenvalue weighted by Crippen LogP contribution is -2.22. The van der Waals surface area contributed by atoms with Gasteiger partial charge in [0.2, 0.25) is 0 Å². The highest BCUT2D eigenvalue weighted by Crippen LogP contribution is 2.27. The van der Waals surface area contributed by atoms with Gasteiger partial charge in [-0.2, -0.15) is 0 Å². The lowest BCUT2D eigenvalue weighted by Gasteiger charge is -2.24. The Hall–Kier alpha value is -1.35. The fourth-order valence-corrected chi connectivity index (χ4v) is 1.97. The van der Waals surface area contributed by atoms with Gasteiger partial charge in [-0.15, -0.1) is 6.58 Å². The highest BCUT2D eigenvalue weighted by atomic mass is 19.1. The molecular formula is C15H23FN2. The van der Waals surface area contributed by atoms with Crippen LogP contribution in [0.25, 0.3) is 0 Å². The number of anilines is 1. The van der Waals surface area contributed by atoms with Crippen LogP contribution in [0.15, 0.2) is 24.8 Å². The largest absolute Gasteiger partial charge is 0.374 e. The van der Waals surface area contributed by atoms with Crippen molar-refractivity contribution in [3.05, 3.63) is 41.7 Å². The molecule has 2 N–H and O–H groups in total. The minimum atomic E-state index is -0.189. The van der Waals surface area contributed by atoms with Gasteiger partial charge in [0.15, 0.2) is 0 Å². The molecular weight excluding hydrogens is 227 g/mol. The minimum Gasteiger partial charge on any atom is -0.374 e. The number of nitrogens with zero attached hydrogens (tertiary/aromatic N) is 1. The summed E-state index contributed by atoms with van der Waals surface area (Å²) in [5, 5.41) is 0. The Labute approximate surface area is 109 Å². The van der Waals surface area contributed by atoms with Crippen molar-refractivity contribution in [3.8, 4) is 0 Å². The van der Waals surface area contributed by atoms with E-state index >= 15 is 0 Å². The lowest BCUT2D eigenvalue weighted by atomic mass is 10.0. The molecule has 0 heterocycles. The van der Waals surface area contributed by atoms with Crippen LogP contribution in [-0.4, -0.2) is 13.6 Å². The van der Waals surface area contributed by atoms with Gasteiger partial charge < -0.3 is 10.6 Å². The molecule has 0 saturated heterocycles. The van der Waals surface area contributed by atoms with E-state index in [0.717, 1.165) is 30.6 Å². The van der Waals surface area contributed by atoms with E-state index in [1.165, 1.54) is 0 Å². The second kappa shape index (κ2) is 6.55. The maximum atomic E-state index is 13.6. The standard InChI is InChI=1S/C15H23FN2/c1-5-6-7-8-18(4)15-9-11(2)14(16)10-13(15)12(3)17/h5,9-10,12H,1,6-8,17H2,2-4H3/t12-/m0/s1. The van der Waals surface area contributed by atoms with Crippen molar-refractivity contribution >= 4 is 5.69 Å². The van der Waals surface area contributed by atoms with Crippen LogP contribution in [0.5, 0.6) is 0 Å². The van der Waals surface area contributed by atoms with E-state index in [9.17, 15) is 4.39 Å². The molecule has 1 rings (SSSR count). The van der Waals surface area contributed by atoms with E-state index < -0.39 is 0 Å². The van der Waals surface area contributed by atoms with Gasteiger partial charge in [0, 0.05) is 25.3 Å². The number of benzene rings is 1. The van der Waals surface area contributed by atoms with E-state index in [2.05, 4.69) is 11.5 Å². The summed E-state index contributed by atoms with van der Waals surface area (Å²) in [7, 11) is 2.02. The molecule has 1 atom stereocenters. The number of aryl methyl sites for hydroxylation is 1. The average molecular weight is 250 g/mol. The molecule has 0 saturated carbocycles. The number of halogens is 1. The van der Waals surface area contributed by atoms with Crippen LogP contribution in [0, 0.1) is 12.7 Å². The number of nitrogens with two attached hydrogens (primary N) is 1. The first-order chi connectivity index (χ1) is 8.47. The maximum Gasteiger partial charge on any atom is 0.126 e. The van der Waals surface area contributed by atoms with Crippen LogP contribution in [0.3, 0.4) is 0 Å². The van der Waals surface area contributed by atoms with Crippen molar-refractivity contribution in [1.82, 2.24) is 0 Å². The van der Waals surface area contributed by atoms with Crippen LogP contribution in [0.2, 0.25) is 0 Å². The predicted octanol–water partition coefficient (Wildman–Crippen LogP) is 3.56. The fraction of sp³-hybridized carbons (Fsp3) is 0.467. The summed E-state index contributed by atoms with van der Waals surface area (Å²) in [6.45, 7) is 8.29. The molecule has 1 aromatic carbocycles. The smallest absolute Gasteiger partial charge is 0.126 e. The van der Waals surface area contributed by atoms with E-state index in [0.29, 0.717) is 5.56 Å². The Morgan fingerprint density at radius 3 is 2.72 bits per heavy atom. The number of rotatable bonds is 6. The van der Waals surface area contributed by atoms with E-state index in [4.69, 9.17) is 5.73 Å². The zero-order valence-electron chi connectivity index (χ0n) is 11.5. The Balaban J connectivity index is 2.98. The fourth-order valence-electron chi connectivity index (χ4n) is 1.97. The van der Waals surface area contributed by atoms with Crippen LogP contribution in [-0.2, 0) is 0 Å². The Morgan fingerprint density at radius 2 is 2.17 bits per heavy atom. The van der Waals surface area contributed by atoms with Gasteiger partial charge >= 0.3 is 0 Å². The topological polar surface area (TPSA) is 29.3 Å². The van der Waals surface area contributed by atoms with Crippen molar-refractivity contribution in [1.29, 1.82) is 0 Å². The molecule has 0 aliphatic heterocycles. The number of hydrogen-bond donors (Lipinski definition) is 1. The van der Waals surface area contributed by atoms with Crippen molar-refractivity contribution < 1.29 is 4.39 Å². The summed E-state index contributed by atoms with van der Waals surface area (Å²) in [5.41, 5.74) is 8.46. The highest BCUT2D eigenvalue weighted by Gasteiger charge is 2.13. The Kier molecular flexibility index (Phi) is 5.35. The maximum absolute atomic E-state index is 13.6. The Bertz CT molecular complexity index is 413. The summed E-state index contributed by atoms with van der Waals surface area (Å²) in [5.74, 6) is -0.189. The van der Waals surface area contributed by atoms with Gasteiger partial charge in [-0.25, -0.2) is 4.39 Å². The van der Waals surface area contributed by atoms with Crippen molar-refractivity contribution in [3.63, 3.8) is 0 Å². The quantitative estimate of drug-likeness (QED) is 0.618. The third kappa shape index (κ3) is 3.57.